The number of nitrogens with zero attached hydrogens (tertiary/aromatic N) is 1. The first-order valence-corrected chi connectivity index (χ1v) is 9.07. The van der Waals surface area contributed by atoms with Crippen LogP contribution in [0.3, 0.4) is 0 Å². The number of ether oxygens (including phenoxy) is 1. The van der Waals surface area contributed by atoms with Gasteiger partial charge in [0.05, 0.1) is 11.8 Å². The van der Waals surface area contributed by atoms with Gasteiger partial charge in [-0.3, -0.25) is 5.43 Å². The number of thiocarbonyl (C=S) groups is 1. The molecule has 0 spiro atoms. The number of carbonyl (C=O) groups is 1. The van der Waals surface area contributed by atoms with E-state index in [0.29, 0.717) is 17.4 Å². The molecule has 1 aliphatic rings. The van der Waals surface area contributed by atoms with E-state index in [1.807, 2.05) is 31.2 Å². The monoisotopic (exact) mass is 387 g/mol. The van der Waals surface area contributed by atoms with Crippen LogP contribution in [0.25, 0.3) is 11.3 Å². The molecule has 1 atom stereocenters. The van der Waals surface area contributed by atoms with Gasteiger partial charge in [0.2, 0.25) is 5.76 Å². The van der Waals surface area contributed by atoms with Crippen LogP contribution in [0, 0.1) is 0 Å². The van der Waals surface area contributed by atoms with Gasteiger partial charge in [-0.25, -0.2) is 4.79 Å². The van der Waals surface area contributed by atoms with E-state index in [1.54, 1.807) is 6.07 Å². The highest BCUT2D eigenvalue weighted by Crippen LogP contribution is 2.22. The molecule has 3 N–H and O–H groups in total. The SMILES string of the molecule is C/C(=N/NC(=S)NC[C@H]1CCCO1)c1ccc(-c2ccc(C(=O)O)o2)cc1. The van der Waals surface area contributed by atoms with Crippen molar-refractivity contribution < 1.29 is 19.1 Å². The second-order valence-electron chi connectivity index (χ2n) is 6.20. The van der Waals surface area contributed by atoms with Crippen LogP contribution in [-0.2, 0) is 4.74 Å². The lowest BCUT2D eigenvalue weighted by Gasteiger charge is -2.12. The van der Waals surface area contributed by atoms with Crippen LogP contribution in [0.5, 0.6) is 0 Å². The second kappa shape index (κ2) is 8.79. The quantitative estimate of drug-likeness (QED) is 0.398. The molecule has 0 aliphatic carbocycles. The molecule has 27 heavy (non-hydrogen) atoms. The number of hydrogen-bond acceptors (Lipinski definition) is 5. The number of rotatable bonds is 6. The van der Waals surface area contributed by atoms with Crippen molar-refractivity contribution in [2.24, 2.45) is 5.10 Å². The minimum absolute atomic E-state index is 0.0833. The van der Waals surface area contributed by atoms with Gasteiger partial charge in [-0.2, -0.15) is 5.10 Å². The van der Waals surface area contributed by atoms with E-state index < -0.39 is 5.97 Å². The number of hydrazone groups is 1. The Morgan fingerprint density at radius 2 is 2.07 bits per heavy atom. The molecule has 1 aromatic heterocycles. The summed E-state index contributed by atoms with van der Waals surface area (Å²) >= 11 is 5.22. The van der Waals surface area contributed by atoms with Crippen molar-refractivity contribution in [1.82, 2.24) is 10.7 Å². The first kappa shape index (κ1) is 19.1. The number of aromatic carboxylic acids is 1. The Labute approximate surface area is 162 Å². The van der Waals surface area contributed by atoms with Crippen LogP contribution in [-0.4, -0.2) is 41.2 Å². The molecule has 1 fully saturated rings. The molecule has 1 aromatic carbocycles. The summed E-state index contributed by atoms with van der Waals surface area (Å²) in [6.07, 6.45) is 2.36. The van der Waals surface area contributed by atoms with Crippen LogP contribution in [0.1, 0.15) is 35.9 Å². The topological polar surface area (TPSA) is 96.1 Å². The van der Waals surface area contributed by atoms with Crippen LogP contribution in [0.2, 0.25) is 0 Å². The first-order chi connectivity index (χ1) is 13.0. The van der Waals surface area contributed by atoms with Gasteiger partial charge in [0, 0.05) is 18.7 Å². The third kappa shape index (κ3) is 5.15. The summed E-state index contributed by atoms with van der Waals surface area (Å²) in [6.45, 7) is 3.37. The predicted octanol–water partition coefficient (Wildman–Crippen LogP) is 3.01. The third-order valence-corrected chi connectivity index (χ3v) is 4.48. The average molecular weight is 387 g/mol. The van der Waals surface area contributed by atoms with Crippen molar-refractivity contribution in [2.75, 3.05) is 13.2 Å². The Hall–Kier alpha value is -2.71. The van der Waals surface area contributed by atoms with E-state index in [4.69, 9.17) is 26.5 Å². The third-order valence-electron chi connectivity index (χ3n) is 4.24. The van der Waals surface area contributed by atoms with Crippen LogP contribution < -0.4 is 10.7 Å². The van der Waals surface area contributed by atoms with Gasteiger partial charge in [-0.15, -0.1) is 0 Å². The Morgan fingerprint density at radius 3 is 2.70 bits per heavy atom. The number of benzene rings is 1. The second-order valence-corrected chi connectivity index (χ2v) is 6.61. The highest BCUT2D eigenvalue weighted by molar-refractivity contribution is 7.80. The Balaban J connectivity index is 1.55. The summed E-state index contributed by atoms with van der Waals surface area (Å²) < 4.78 is 10.8. The normalized spacial score (nSPS) is 16.9. The van der Waals surface area contributed by atoms with Gasteiger partial charge >= 0.3 is 5.97 Å². The van der Waals surface area contributed by atoms with Gasteiger partial charge in [-0.1, -0.05) is 24.3 Å². The summed E-state index contributed by atoms with van der Waals surface area (Å²) in [6, 6.07) is 10.6. The average Bonchev–Trinajstić information content (AvgIpc) is 3.36. The Bertz CT molecular complexity index is 839. The fourth-order valence-electron chi connectivity index (χ4n) is 2.73. The lowest BCUT2D eigenvalue weighted by molar-refractivity contribution is 0.0663. The van der Waals surface area contributed by atoms with Crippen LogP contribution in [0.4, 0.5) is 0 Å². The Morgan fingerprint density at radius 1 is 1.30 bits per heavy atom. The van der Waals surface area contributed by atoms with E-state index in [-0.39, 0.29) is 11.9 Å². The van der Waals surface area contributed by atoms with Gasteiger partial charge < -0.3 is 19.6 Å². The van der Waals surface area contributed by atoms with Crippen molar-refractivity contribution in [3.8, 4) is 11.3 Å². The highest BCUT2D eigenvalue weighted by Gasteiger charge is 2.15. The molecule has 2 heterocycles. The largest absolute Gasteiger partial charge is 0.475 e. The summed E-state index contributed by atoms with van der Waals surface area (Å²) in [5.41, 5.74) is 5.32. The van der Waals surface area contributed by atoms with Gasteiger partial charge in [0.1, 0.15) is 5.76 Å². The number of nitrogens with one attached hydrogen (secondary N) is 2. The molecule has 142 valence electrons. The molecule has 0 bridgehead atoms. The summed E-state index contributed by atoms with van der Waals surface area (Å²) in [4.78, 5) is 10.9. The van der Waals surface area contributed by atoms with Crippen molar-refractivity contribution in [2.45, 2.75) is 25.9 Å². The van der Waals surface area contributed by atoms with E-state index in [9.17, 15) is 4.79 Å². The standard InChI is InChI=1S/C19H21N3O4S/c1-12(21-22-19(27)20-11-15-3-2-10-25-15)13-4-6-14(7-5-13)16-8-9-17(26-16)18(23)24/h4-9,15H,2-3,10-11H2,1H3,(H,23,24)(H2,20,22,27)/b21-12-/t15-/m1/s1. The summed E-state index contributed by atoms with van der Waals surface area (Å²) in [5.74, 6) is -0.665. The lowest BCUT2D eigenvalue weighted by atomic mass is 10.1. The van der Waals surface area contributed by atoms with Crippen molar-refractivity contribution in [3.05, 3.63) is 47.7 Å². The minimum atomic E-state index is -1.09. The van der Waals surface area contributed by atoms with Crippen molar-refractivity contribution >= 4 is 29.0 Å². The summed E-state index contributed by atoms with van der Waals surface area (Å²) in [5, 5.41) is 16.8. The van der Waals surface area contributed by atoms with Crippen molar-refractivity contribution in [1.29, 1.82) is 0 Å². The molecule has 8 heteroatoms. The van der Waals surface area contributed by atoms with Crippen LogP contribution >= 0.6 is 12.2 Å². The molecule has 3 rings (SSSR count). The lowest BCUT2D eigenvalue weighted by Crippen LogP contribution is -2.37. The van der Waals surface area contributed by atoms with Gasteiger partial charge in [-0.05, 0) is 49.7 Å². The van der Waals surface area contributed by atoms with E-state index in [2.05, 4.69) is 15.8 Å². The maximum atomic E-state index is 10.9. The molecule has 1 aliphatic heterocycles. The van der Waals surface area contributed by atoms with Crippen LogP contribution in [0.15, 0.2) is 45.9 Å². The van der Waals surface area contributed by atoms with Gasteiger partial charge in [0.15, 0.2) is 5.11 Å². The number of carboxylic acid groups (broad SMARTS) is 1. The zero-order valence-electron chi connectivity index (χ0n) is 14.9. The number of hydrogen-bond donors (Lipinski definition) is 3. The maximum absolute atomic E-state index is 10.9. The predicted molar refractivity (Wildman–Crippen MR) is 106 cm³/mol. The maximum Gasteiger partial charge on any atom is 0.371 e. The van der Waals surface area contributed by atoms with Gasteiger partial charge in [0.25, 0.3) is 0 Å². The molecule has 2 aromatic rings. The Kier molecular flexibility index (Phi) is 6.20. The number of carboxylic acids is 1. The molecule has 1 saturated heterocycles. The van der Waals surface area contributed by atoms with E-state index in [1.165, 1.54) is 6.07 Å². The smallest absolute Gasteiger partial charge is 0.371 e. The fourth-order valence-corrected chi connectivity index (χ4v) is 2.86. The molecule has 7 nitrogen and oxygen atoms in total. The first-order valence-electron chi connectivity index (χ1n) is 8.66. The fraction of sp³-hybridized carbons (Fsp3) is 0.316. The highest BCUT2D eigenvalue weighted by atomic mass is 32.1. The molecule has 0 unspecified atom stereocenters. The number of furan rings is 1. The minimum Gasteiger partial charge on any atom is -0.475 e. The molecule has 0 amide bonds. The van der Waals surface area contributed by atoms with Crippen molar-refractivity contribution in [3.63, 3.8) is 0 Å². The molecule has 0 radical (unpaired) electrons. The van der Waals surface area contributed by atoms with E-state index in [0.717, 1.165) is 36.3 Å². The summed E-state index contributed by atoms with van der Waals surface area (Å²) in [7, 11) is 0. The molecule has 0 saturated carbocycles. The van der Waals surface area contributed by atoms with E-state index >= 15 is 0 Å². The zero-order valence-corrected chi connectivity index (χ0v) is 15.7. The molecular formula is C19H21N3O4S. The molecular weight excluding hydrogens is 366 g/mol. The zero-order chi connectivity index (χ0) is 19.2.